The fourth-order valence-corrected chi connectivity index (χ4v) is 5.23. The molecule has 4 atom stereocenters. The van der Waals surface area contributed by atoms with Gasteiger partial charge in [-0.15, -0.1) is 0 Å². The number of amides is 2. The van der Waals surface area contributed by atoms with Crippen LogP contribution >= 0.6 is 0 Å². The summed E-state index contributed by atoms with van der Waals surface area (Å²) in [5.74, 6) is 0.327. The highest BCUT2D eigenvalue weighted by Crippen LogP contribution is 2.42. The van der Waals surface area contributed by atoms with E-state index >= 15 is 0 Å². The van der Waals surface area contributed by atoms with Crippen molar-refractivity contribution in [1.29, 1.82) is 5.26 Å². The van der Waals surface area contributed by atoms with Crippen LogP contribution in [-0.4, -0.2) is 41.6 Å². The molecule has 3 aliphatic heterocycles. The molecule has 5 rings (SSSR count). The second kappa shape index (κ2) is 6.96. The molecule has 0 aromatic heterocycles. The molecule has 158 valence electrons. The Morgan fingerprint density at radius 2 is 2.10 bits per heavy atom. The van der Waals surface area contributed by atoms with E-state index in [-0.39, 0.29) is 36.0 Å². The lowest BCUT2D eigenvalue weighted by molar-refractivity contribution is -0.128. The minimum absolute atomic E-state index is 0.00434. The van der Waals surface area contributed by atoms with E-state index in [9.17, 15) is 14.9 Å². The van der Waals surface area contributed by atoms with Crippen LogP contribution < -0.4 is 21.4 Å². The predicted octanol–water partition coefficient (Wildman–Crippen LogP) is 1.67. The number of piperidine rings is 1. The van der Waals surface area contributed by atoms with Gasteiger partial charge in [-0.3, -0.25) is 9.59 Å². The van der Waals surface area contributed by atoms with Crippen LogP contribution in [0.2, 0.25) is 0 Å². The van der Waals surface area contributed by atoms with Crippen molar-refractivity contribution < 1.29 is 9.59 Å². The van der Waals surface area contributed by atoms with Crippen molar-refractivity contribution in [2.24, 2.45) is 11.8 Å². The molecule has 8 heteroatoms. The SMILES string of the molecule is CC1(C)C(=O)Nc2cc(NC3NN([C@@H](CC#N)C4CC4)C4CCNC(=O)C34)ccc21. The van der Waals surface area contributed by atoms with Crippen LogP contribution in [0.5, 0.6) is 0 Å². The molecule has 1 aromatic rings. The first-order chi connectivity index (χ1) is 14.4. The first-order valence-corrected chi connectivity index (χ1v) is 10.8. The summed E-state index contributed by atoms with van der Waals surface area (Å²) in [7, 11) is 0. The molecule has 3 unspecified atom stereocenters. The number of nitriles is 1. The zero-order chi connectivity index (χ0) is 21.0. The Bertz CT molecular complexity index is 934. The van der Waals surface area contributed by atoms with Crippen molar-refractivity contribution in [3.8, 4) is 6.07 Å². The van der Waals surface area contributed by atoms with Crippen molar-refractivity contribution in [3.05, 3.63) is 23.8 Å². The van der Waals surface area contributed by atoms with Crippen molar-refractivity contribution in [2.75, 3.05) is 17.2 Å². The Labute approximate surface area is 176 Å². The van der Waals surface area contributed by atoms with E-state index in [4.69, 9.17) is 0 Å². The van der Waals surface area contributed by atoms with E-state index in [1.165, 1.54) is 0 Å². The number of anilines is 2. The average Bonchev–Trinajstić information content (AvgIpc) is 3.44. The van der Waals surface area contributed by atoms with E-state index < -0.39 is 5.41 Å². The predicted molar refractivity (Wildman–Crippen MR) is 112 cm³/mol. The molecule has 1 aliphatic carbocycles. The highest BCUT2D eigenvalue weighted by molar-refractivity contribution is 6.06. The number of carbonyl (C=O) groups is 2. The molecule has 4 N–H and O–H groups in total. The lowest BCUT2D eigenvalue weighted by Gasteiger charge is -2.34. The van der Waals surface area contributed by atoms with E-state index in [2.05, 4.69) is 32.5 Å². The van der Waals surface area contributed by atoms with Crippen LogP contribution in [0.3, 0.4) is 0 Å². The summed E-state index contributed by atoms with van der Waals surface area (Å²) < 4.78 is 0. The molecule has 0 spiro atoms. The van der Waals surface area contributed by atoms with Gasteiger partial charge in [0.05, 0.1) is 23.8 Å². The largest absolute Gasteiger partial charge is 0.368 e. The molecule has 3 fully saturated rings. The summed E-state index contributed by atoms with van der Waals surface area (Å²) in [6.07, 6.45) is 3.36. The fraction of sp³-hybridized carbons (Fsp3) is 0.591. The number of fused-ring (bicyclic) bond motifs is 2. The maximum Gasteiger partial charge on any atom is 0.234 e. The Morgan fingerprint density at radius 1 is 1.30 bits per heavy atom. The van der Waals surface area contributed by atoms with Gasteiger partial charge in [-0.2, -0.15) is 5.26 Å². The summed E-state index contributed by atoms with van der Waals surface area (Å²) in [4.78, 5) is 25.0. The number of hydrogen-bond acceptors (Lipinski definition) is 6. The zero-order valence-electron chi connectivity index (χ0n) is 17.4. The molecular formula is C22H28N6O2. The maximum absolute atomic E-state index is 12.8. The van der Waals surface area contributed by atoms with Gasteiger partial charge in [0.1, 0.15) is 6.17 Å². The number of benzene rings is 1. The summed E-state index contributed by atoms with van der Waals surface area (Å²) in [6.45, 7) is 4.50. The molecule has 2 amide bonds. The topological polar surface area (TPSA) is 109 Å². The van der Waals surface area contributed by atoms with Gasteiger partial charge in [-0.05, 0) is 56.7 Å². The van der Waals surface area contributed by atoms with Gasteiger partial charge >= 0.3 is 0 Å². The van der Waals surface area contributed by atoms with Crippen LogP contribution in [0.1, 0.15) is 45.1 Å². The molecule has 3 heterocycles. The van der Waals surface area contributed by atoms with Gasteiger partial charge in [-0.25, -0.2) is 10.4 Å². The van der Waals surface area contributed by atoms with E-state index in [0.29, 0.717) is 18.9 Å². The van der Waals surface area contributed by atoms with Crippen LogP contribution in [0.4, 0.5) is 11.4 Å². The third kappa shape index (κ3) is 3.04. The van der Waals surface area contributed by atoms with Gasteiger partial charge in [0.15, 0.2) is 0 Å². The molecule has 1 saturated carbocycles. The van der Waals surface area contributed by atoms with Crippen molar-refractivity contribution in [3.63, 3.8) is 0 Å². The first-order valence-electron chi connectivity index (χ1n) is 10.8. The summed E-state index contributed by atoms with van der Waals surface area (Å²) in [6, 6.07) is 8.43. The van der Waals surface area contributed by atoms with E-state index in [0.717, 1.165) is 36.2 Å². The number of carbonyl (C=O) groups excluding carboxylic acids is 2. The van der Waals surface area contributed by atoms with E-state index in [1.807, 2.05) is 32.0 Å². The third-order valence-electron chi connectivity index (χ3n) is 7.12. The lowest BCUT2D eigenvalue weighted by atomic mass is 9.86. The van der Waals surface area contributed by atoms with Gasteiger partial charge in [0.25, 0.3) is 0 Å². The Balaban J connectivity index is 1.40. The molecule has 2 saturated heterocycles. The first kappa shape index (κ1) is 19.3. The minimum atomic E-state index is -0.542. The molecule has 0 radical (unpaired) electrons. The Kier molecular flexibility index (Phi) is 4.49. The van der Waals surface area contributed by atoms with Crippen molar-refractivity contribution in [1.82, 2.24) is 15.8 Å². The normalized spacial score (nSPS) is 30.6. The Hall–Kier alpha value is -2.63. The molecule has 30 heavy (non-hydrogen) atoms. The second-order valence-corrected chi connectivity index (χ2v) is 9.44. The van der Waals surface area contributed by atoms with Crippen LogP contribution in [0.25, 0.3) is 0 Å². The number of hydrogen-bond donors (Lipinski definition) is 4. The van der Waals surface area contributed by atoms with Crippen LogP contribution in [0, 0.1) is 23.2 Å². The lowest BCUT2D eigenvalue weighted by Crippen LogP contribution is -2.52. The zero-order valence-corrected chi connectivity index (χ0v) is 17.4. The van der Waals surface area contributed by atoms with Crippen molar-refractivity contribution in [2.45, 2.75) is 63.2 Å². The molecular weight excluding hydrogens is 380 g/mol. The number of nitrogens with zero attached hydrogens (tertiary/aromatic N) is 2. The number of nitrogens with one attached hydrogen (secondary N) is 4. The van der Waals surface area contributed by atoms with Gasteiger partial charge in [0.2, 0.25) is 11.8 Å². The highest BCUT2D eigenvalue weighted by Gasteiger charge is 2.52. The molecule has 0 bridgehead atoms. The van der Waals surface area contributed by atoms with Crippen molar-refractivity contribution >= 4 is 23.2 Å². The highest BCUT2D eigenvalue weighted by atomic mass is 16.2. The second-order valence-electron chi connectivity index (χ2n) is 9.44. The monoisotopic (exact) mass is 408 g/mol. The minimum Gasteiger partial charge on any atom is -0.368 e. The summed E-state index contributed by atoms with van der Waals surface area (Å²) in [5.41, 5.74) is 5.64. The smallest absolute Gasteiger partial charge is 0.234 e. The summed E-state index contributed by atoms with van der Waals surface area (Å²) in [5, 5.41) is 21.0. The summed E-state index contributed by atoms with van der Waals surface area (Å²) >= 11 is 0. The Morgan fingerprint density at radius 3 is 2.83 bits per heavy atom. The quantitative estimate of drug-likeness (QED) is 0.590. The van der Waals surface area contributed by atoms with Crippen LogP contribution in [-0.2, 0) is 15.0 Å². The standard InChI is InChI=1S/C22H28N6O2/c1-22(2)14-6-5-13(11-15(14)26-21(22)30)25-19-18-17(8-10-24-20(18)29)28(27-19)16(7-9-23)12-3-4-12/h5-6,11-12,16-19,25,27H,3-4,7-8,10H2,1-2H3,(H,24,29)(H,26,30)/t16-,17?,18?,19?/m0/s1. The molecule has 4 aliphatic rings. The molecule has 8 nitrogen and oxygen atoms in total. The average molecular weight is 409 g/mol. The maximum atomic E-state index is 12.8. The fourth-order valence-electron chi connectivity index (χ4n) is 5.23. The third-order valence-corrected chi connectivity index (χ3v) is 7.12. The van der Waals surface area contributed by atoms with E-state index in [1.54, 1.807) is 0 Å². The number of hydrazine groups is 1. The van der Waals surface area contributed by atoms with Gasteiger partial charge in [0, 0.05) is 30.0 Å². The van der Waals surface area contributed by atoms with Crippen LogP contribution in [0.15, 0.2) is 18.2 Å². The van der Waals surface area contributed by atoms with Gasteiger partial charge < -0.3 is 16.0 Å². The number of rotatable bonds is 5. The molecule has 1 aromatic carbocycles. The van der Waals surface area contributed by atoms with Gasteiger partial charge in [-0.1, -0.05) is 6.07 Å².